The lowest BCUT2D eigenvalue weighted by Gasteiger charge is -2.49. The van der Waals surface area contributed by atoms with Crippen LogP contribution in [0.1, 0.15) is 44.1 Å². The van der Waals surface area contributed by atoms with Gasteiger partial charge in [-0.25, -0.2) is 22.8 Å². The number of nitrogens with zero attached hydrogens (tertiary/aromatic N) is 3. The van der Waals surface area contributed by atoms with Gasteiger partial charge in [0.25, 0.3) is 0 Å². The molecule has 2 aromatic rings. The van der Waals surface area contributed by atoms with Gasteiger partial charge < -0.3 is 14.8 Å². The Hall–Kier alpha value is -2.30. The summed E-state index contributed by atoms with van der Waals surface area (Å²) in [4.78, 5) is 11.2. The van der Waals surface area contributed by atoms with E-state index < -0.39 is 15.7 Å². The van der Waals surface area contributed by atoms with Gasteiger partial charge in [-0.15, -0.1) is 0 Å². The molecule has 2 aliphatic heterocycles. The molecule has 10 heteroatoms. The highest BCUT2D eigenvalue weighted by Gasteiger charge is 2.41. The molecule has 2 bridgehead atoms. The monoisotopic (exact) mass is 504 g/mol. The lowest BCUT2D eigenvalue weighted by atomic mass is 9.90. The molecule has 8 nitrogen and oxygen atoms in total. The second-order valence-corrected chi connectivity index (χ2v) is 12.1. The van der Waals surface area contributed by atoms with Crippen molar-refractivity contribution in [3.05, 3.63) is 35.9 Å². The minimum Gasteiger partial charge on any atom is -0.474 e. The van der Waals surface area contributed by atoms with Crippen LogP contribution in [0.3, 0.4) is 0 Å². The molecule has 1 N–H and O–H groups in total. The Kier molecular flexibility index (Phi) is 6.96. The van der Waals surface area contributed by atoms with Crippen molar-refractivity contribution in [3.63, 3.8) is 0 Å². The van der Waals surface area contributed by atoms with Gasteiger partial charge in [0.15, 0.2) is 9.84 Å². The maximum absolute atomic E-state index is 14.6. The summed E-state index contributed by atoms with van der Waals surface area (Å²) in [7, 11) is -3.49. The number of nitrogens with one attached hydrogen (secondary N) is 1. The van der Waals surface area contributed by atoms with E-state index in [2.05, 4.69) is 20.2 Å². The average molecular weight is 505 g/mol. The molecule has 2 saturated heterocycles. The van der Waals surface area contributed by atoms with E-state index in [0.29, 0.717) is 29.3 Å². The summed E-state index contributed by atoms with van der Waals surface area (Å²) in [5.41, 5.74) is 0.811. The first-order chi connectivity index (χ1) is 16.8. The molecule has 1 saturated carbocycles. The van der Waals surface area contributed by atoms with Crippen LogP contribution in [0.5, 0.6) is 5.88 Å². The zero-order valence-corrected chi connectivity index (χ0v) is 21.1. The molecular formula is C25H33FN4O4S. The van der Waals surface area contributed by atoms with Gasteiger partial charge in [0, 0.05) is 37.7 Å². The Morgan fingerprint density at radius 1 is 1.17 bits per heavy atom. The van der Waals surface area contributed by atoms with Gasteiger partial charge in [-0.2, -0.15) is 0 Å². The molecule has 1 aromatic carbocycles. The third-order valence-corrected chi connectivity index (χ3v) is 8.62. The molecule has 190 valence electrons. The molecule has 5 rings (SSSR count). The van der Waals surface area contributed by atoms with Crippen LogP contribution < -0.4 is 10.1 Å². The van der Waals surface area contributed by atoms with Crippen molar-refractivity contribution in [3.8, 4) is 5.88 Å². The van der Waals surface area contributed by atoms with Crippen LogP contribution in [-0.4, -0.2) is 67.5 Å². The Bertz CT molecular complexity index is 1160. The minimum absolute atomic E-state index is 0.0287. The summed E-state index contributed by atoms with van der Waals surface area (Å²) in [6.07, 6.45) is 9.62. The highest BCUT2D eigenvalue weighted by molar-refractivity contribution is 7.90. The number of hydrogen-bond donors (Lipinski definition) is 1. The summed E-state index contributed by atoms with van der Waals surface area (Å²) in [5, 5.41) is 2.95. The molecule has 3 aliphatic rings. The van der Waals surface area contributed by atoms with Crippen LogP contribution in [0.4, 0.5) is 15.9 Å². The summed E-state index contributed by atoms with van der Waals surface area (Å²) in [5.74, 6) is 1.03. The van der Waals surface area contributed by atoms with Crippen LogP contribution in [0.25, 0.3) is 0 Å². The van der Waals surface area contributed by atoms with Crippen molar-refractivity contribution in [2.75, 3.05) is 31.3 Å². The van der Waals surface area contributed by atoms with Gasteiger partial charge in [0.1, 0.15) is 24.1 Å². The smallest absolute Gasteiger partial charge is 0.221 e. The van der Waals surface area contributed by atoms with E-state index in [4.69, 9.17) is 9.47 Å². The predicted molar refractivity (Wildman–Crippen MR) is 130 cm³/mol. The lowest BCUT2D eigenvalue weighted by Crippen LogP contribution is -2.59. The number of rotatable bonds is 7. The Balaban J connectivity index is 1.27. The summed E-state index contributed by atoms with van der Waals surface area (Å²) in [6, 6.07) is 4.49. The normalized spacial score (nSPS) is 25.5. The van der Waals surface area contributed by atoms with Gasteiger partial charge in [-0.3, -0.25) is 4.90 Å². The molecule has 0 spiro atoms. The number of halogens is 1. The topological polar surface area (TPSA) is 93.7 Å². The number of fused-ring (bicyclic) bond motifs is 2. The number of aromatic nitrogens is 2. The highest BCUT2D eigenvalue weighted by Crippen LogP contribution is 2.35. The molecule has 3 heterocycles. The van der Waals surface area contributed by atoms with Gasteiger partial charge >= 0.3 is 0 Å². The first-order valence-corrected chi connectivity index (χ1v) is 14.3. The Morgan fingerprint density at radius 3 is 2.54 bits per heavy atom. The molecule has 0 radical (unpaired) electrons. The maximum Gasteiger partial charge on any atom is 0.221 e. The fourth-order valence-corrected chi connectivity index (χ4v) is 6.25. The van der Waals surface area contributed by atoms with Gasteiger partial charge in [0.2, 0.25) is 5.88 Å². The number of morpholine rings is 1. The molecule has 1 aromatic heterocycles. The second-order valence-electron chi connectivity index (χ2n) is 10.1. The number of ether oxygens (including phenoxy) is 2. The fraction of sp³-hybridized carbons (Fsp3) is 0.600. The standard InChI is InChI=1S/C25H33FN4O4S/c1-16-24(29-23-8-7-21(11-22(23)26)35(2,31)32)27-15-28-25(16)34-20-9-18-13-33-14-19(10-20)30(18)12-17-5-3-4-6-17/h7-8,11,15,17-20H,3-6,9-10,12-14H2,1-2H3,(H,27,28,29)/t18-,19?,20?/m1/s1. The average Bonchev–Trinajstić information content (AvgIpc) is 3.31. The largest absolute Gasteiger partial charge is 0.474 e. The van der Waals surface area contributed by atoms with Crippen molar-refractivity contribution < 1.29 is 22.3 Å². The molecule has 1 aliphatic carbocycles. The van der Waals surface area contributed by atoms with E-state index in [9.17, 15) is 12.8 Å². The molecule has 3 atom stereocenters. The summed E-state index contributed by atoms with van der Waals surface area (Å²) >= 11 is 0. The van der Waals surface area contributed by atoms with Crippen molar-refractivity contribution >= 4 is 21.3 Å². The van der Waals surface area contributed by atoms with Crippen molar-refractivity contribution in [1.82, 2.24) is 14.9 Å². The number of piperidine rings is 1. The molecular weight excluding hydrogens is 471 g/mol. The molecule has 2 unspecified atom stereocenters. The number of sulfone groups is 1. The maximum atomic E-state index is 14.6. The van der Waals surface area contributed by atoms with Crippen LogP contribution in [0.15, 0.2) is 29.4 Å². The fourth-order valence-electron chi connectivity index (χ4n) is 5.62. The zero-order valence-electron chi connectivity index (χ0n) is 20.2. The third kappa shape index (κ3) is 5.44. The van der Waals surface area contributed by atoms with Crippen molar-refractivity contribution in [2.24, 2.45) is 5.92 Å². The van der Waals surface area contributed by atoms with Crippen LogP contribution >= 0.6 is 0 Å². The van der Waals surface area contributed by atoms with E-state index in [1.165, 1.54) is 44.1 Å². The van der Waals surface area contributed by atoms with Crippen molar-refractivity contribution in [2.45, 2.75) is 68.5 Å². The summed E-state index contributed by atoms with van der Waals surface area (Å²) < 4.78 is 50.2. The highest BCUT2D eigenvalue weighted by atomic mass is 32.2. The van der Waals surface area contributed by atoms with E-state index in [1.54, 1.807) is 0 Å². The SMILES string of the molecule is Cc1c(Nc2ccc(S(C)(=O)=O)cc2F)ncnc1OC1CC2COC[C@@H](C1)N2CC1CCCC1. The number of benzene rings is 1. The van der Waals surface area contributed by atoms with E-state index in [-0.39, 0.29) is 16.7 Å². The Labute approximate surface area is 206 Å². The van der Waals surface area contributed by atoms with Crippen LogP contribution in [-0.2, 0) is 14.6 Å². The van der Waals surface area contributed by atoms with Crippen LogP contribution in [0.2, 0.25) is 0 Å². The summed E-state index contributed by atoms with van der Waals surface area (Å²) in [6.45, 7) is 4.47. The first kappa shape index (κ1) is 24.4. The van der Waals surface area contributed by atoms with Gasteiger partial charge in [-0.05, 0) is 43.9 Å². The van der Waals surface area contributed by atoms with Crippen LogP contribution in [0, 0.1) is 18.7 Å². The zero-order chi connectivity index (χ0) is 24.6. The first-order valence-electron chi connectivity index (χ1n) is 12.4. The van der Waals surface area contributed by atoms with Gasteiger partial charge in [-0.1, -0.05) is 12.8 Å². The second kappa shape index (κ2) is 9.99. The van der Waals surface area contributed by atoms with Gasteiger partial charge in [0.05, 0.1) is 29.4 Å². The quantitative estimate of drug-likeness (QED) is 0.607. The lowest BCUT2D eigenvalue weighted by molar-refractivity contribution is -0.105. The van der Waals surface area contributed by atoms with Crippen molar-refractivity contribution in [1.29, 1.82) is 0 Å². The predicted octanol–water partition coefficient (Wildman–Crippen LogP) is 3.87. The minimum atomic E-state index is -3.49. The molecule has 0 amide bonds. The van der Waals surface area contributed by atoms with E-state index in [0.717, 1.165) is 50.8 Å². The molecule has 3 fully saturated rings. The number of anilines is 2. The molecule has 35 heavy (non-hydrogen) atoms. The number of hydrogen-bond acceptors (Lipinski definition) is 8. The Morgan fingerprint density at radius 2 is 1.89 bits per heavy atom. The van der Waals surface area contributed by atoms with E-state index >= 15 is 0 Å². The van der Waals surface area contributed by atoms with E-state index in [1.807, 2.05) is 6.92 Å². The third-order valence-electron chi connectivity index (χ3n) is 7.51.